The lowest BCUT2D eigenvalue weighted by molar-refractivity contribution is 0.387. The maximum absolute atomic E-state index is 10.9. The average molecular weight is 403 g/mol. The maximum atomic E-state index is 10.9. The van der Waals surface area contributed by atoms with E-state index in [2.05, 4.69) is 0 Å². The molecular formula is C24H25N3O3. The summed E-state index contributed by atoms with van der Waals surface area (Å²) in [6.45, 7) is 0. The standard InChI is InChI=1S/C24H25N3O3/c1-29-15-10-11-20(30-2)18(12-15)16-8-5-9-17-22(25)21-19(26-23(16)17)13-27(24(21)28)14-6-3-4-7-14/h5,8-14,28H,3-4,6-7,25H2,1-2H3. The van der Waals surface area contributed by atoms with Crippen molar-refractivity contribution in [2.75, 3.05) is 20.0 Å². The zero-order chi connectivity index (χ0) is 20.8. The van der Waals surface area contributed by atoms with Crippen molar-refractivity contribution in [3.05, 3.63) is 42.6 Å². The molecule has 154 valence electrons. The number of nitrogens with two attached hydrogens (primary N) is 1. The van der Waals surface area contributed by atoms with Crippen LogP contribution in [0.1, 0.15) is 31.7 Å². The highest BCUT2D eigenvalue weighted by molar-refractivity contribution is 6.12. The lowest BCUT2D eigenvalue weighted by atomic mass is 9.99. The lowest BCUT2D eigenvalue weighted by Gasteiger charge is -2.14. The molecule has 6 heteroatoms. The van der Waals surface area contributed by atoms with Crippen LogP contribution in [0.15, 0.2) is 42.6 Å². The Labute approximate surface area is 174 Å². The van der Waals surface area contributed by atoms with E-state index in [1.807, 2.05) is 47.2 Å². The van der Waals surface area contributed by atoms with Gasteiger partial charge in [-0.3, -0.25) is 0 Å². The minimum atomic E-state index is 0.216. The summed E-state index contributed by atoms with van der Waals surface area (Å²) in [5.74, 6) is 1.69. The zero-order valence-electron chi connectivity index (χ0n) is 17.2. The number of nitrogens with zero attached hydrogens (tertiary/aromatic N) is 2. The Hall–Kier alpha value is -3.41. The number of benzene rings is 2. The van der Waals surface area contributed by atoms with Crippen LogP contribution < -0.4 is 15.2 Å². The molecule has 0 saturated heterocycles. The van der Waals surface area contributed by atoms with E-state index >= 15 is 0 Å². The predicted molar refractivity (Wildman–Crippen MR) is 119 cm³/mol. The first-order valence-electron chi connectivity index (χ1n) is 10.3. The van der Waals surface area contributed by atoms with Gasteiger partial charge in [0.15, 0.2) is 0 Å². The number of fused-ring (bicyclic) bond motifs is 2. The number of methoxy groups -OCH3 is 2. The summed E-state index contributed by atoms with van der Waals surface area (Å²) in [6.07, 6.45) is 6.45. The summed E-state index contributed by atoms with van der Waals surface area (Å²) in [4.78, 5) is 4.94. The van der Waals surface area contributed by atoms with Crippen LogP contribution in [0, 0.1) is 0 Å². The molecule has 1 fully saturated rings. The fraction of sp³-hybridized carbons (Fsp3) is 0.292. The number of anilines is 1. The van der Waals surface area contributed by atoms with Crippen LogP contribution in [0.5, 0.6) is 17.4 Å². The molecule has 3 N–H and O–H groups in total. The van der Waals surface area contributed by atoms with Crippen molar-refractivity contribution >= 4 is 27.5 Å². The highest BCUT2D eigenvalue weighted by atomic mass is 16.5. The predicted octanol–water partition coefficient (Wildman–Crippen LogP) is 5.28. The molecule has 5 rings (SSSR count). The zero-order valence-corrected chi connectivity index (χ0v) is 17.2. The fourth-order valence-corrected chi connectivity index (χ4v) is 4.68. The van der Waals surface area contributed by atoms with Crippen molar-refractivity contribution < 1.29 is 14.6 Å². The van der Waals surface area contributed by atoms with Gasteiger partial charge in [0.25, 0.3) is 0 Å². The van der Waals surface area contributed by atoms with Crippen LogP contribution >= 0.6 is 0 Å². The molecule has 1 saturated carbocycles. The van der Waals surface area contributed by atoms with Crippen LogP contribution in [-0.4, -0.2) is 28.9 Å². The van der Waals surface area contributed by atoms with E-state index in [1.54, 1.807) is 14.2 Å². The number of hydrogen-bond donors (Lipinski definition) is 2. The van der Waals surface area contributed by atoms with Gasteiger partial charge in [0, 0.05) is 28.8 Å². The van der Waals surface area contributed by atoms with Crippen molar-refractivity contribution in [3.63, 3.8) is 0 Å². The lowest BCUT2D eigenvalue weighted by Crippen LogP contribution is -2.01. The minimum absolute atomic E-state index is 0.216. The van der Waals surface area contributed by atoms with Crippen LogP contribution in [0.2, 0.25) is 0 Å². The Balaban J connectivity index is 1.79. The van der Waals surface area contributed by atoms with E-state index in [-0.39, 0.29) is 5.88 Å². The monoisotopic (exact) mass is 403 g/mol. The Morgan fingerprint density at radius 2 is 1.87 bits per heavy atom. The van der Waals surface area contributed by atoms with Crippen molar-refractivity contribution in [1.29, 1.82) is 0 Å². The molecular weight excluding hydrogens is 378 g/mol. The second-order valence-corrected chi connectivity index (χ2v) is 7.85. The third-order valence-corrected chi connectivity index (χ3v) is 6.23. The molecule has 2 aromatic carbocycles. The van der Waals surface area contributed by atoms with Gasteiger partial charge in [0.2, 0.25) is 5.88 Å². The fourth-order valence-electron chi connectivity index (χ4n) is 4.68. The van der Waals surface area contributed by atoms with Gasteiger partial charge in [0.05, 0.1) is 36.3 Å². The van der Waals surface area contributed by atoms with Gasteiger partial charge in [-0.15, -0.1) is 0 Å². The van der Waals surface area contributed by atoms with Gasteiger partial charge in [-0.1, -0.05) is 31.0 Å². The summed E-state index contributed by atoms with van der Waals surface area (Å²) < 4.78 is 13.0. The number of aromatic hydroxyl groups is 1. The second kappa shape index (κ2) is 7.13. The molecule has 30 heavy (non-hydrogen) atoms. The summed E-state index contributed by atoms with van der Waals surface area (Å²) in [7, 11) is 3.29. The van der Waals surface area contributed by atoms with Crippen molar-refractivity contribution in [3.8, 4) is 28.5 Å². The van der Waals surface area contributed by atoms with E-state index in [0.717, 1.165) is 46.4 Å². The highest BCUT2D eigenvalue weighted by Crippen LogP contribution is 2.43. The molecule has 1 aliphatic rings. The Bertz CT molecular complexity index is 1260. The molecule has 0 unspecified atom stereocenters. The average Bonchev–Trinajstić information content (AvgIpc) is 3.41. The maximum Gasteiger partial charge on any atom is 0.203 e. The van der Waals surface area contributed by atoms with Crippen LogP contribution in [0.25, 0.3) is 32.9 Å². The molecule has 6 nitrogen and oxygen atoms in total. The Morgan fingerprint density at radius 1 is 1.07 bits per heavy atom. The third-order valence-electron chi connectivity index (χ3n) is 6.23. The van der Waals surface area contributed by atoms with Gasteiger partial charge < -0.3 is 24.9 Å². The van der Waals surface area contributed by atoms with Gasteiger partial charge in [-0.25, -0.2) is 4.98 Å². The molecule has 0 spiro atoms. The normalized spacial score (nSPS) is 14.6. The first kappa shape index (κ1) is 18.6. The highest BCUT2D eigenvalue weighted by Gasteiger charge is 2.24. The van der Waals surface area contributed by atoms with Crippen LogP contribution in [-0.2, 0) is 0 Å². The van der Waals surface area contributed by atoms with Gasteiger partial charge in [0.1, 0.15) is 11.5 Å². The first-order valence-corrected chi connectivity index (χ1v) is 10.3. The molecule has 0 aliphatic heterocycles. The number of para-hydroxylation sites is 1. The Kier molecular flexibility index (Phi) is 4.42. The Morgan fingerprint density at radius 3 is 2.60 bits per heavy atom. The number of hydrogen-bond acceptors (Lipinski definition) is 5. The molecule has 0 bridgehead atoms. The first-order chi connectivity index (χ1) is 14.6. The minimum Gasteiger partial charge on any atom is -0.497 e. The number of pyridine rings is 1. The van der Waals surface area contributed by atoms with E-state index in [0.29, 0.717) is 22.6 Å². The van der Waals surface area contributed by atoms with Gasteiger partial charge >= 0.3 is 0 Å². The van der Waals surface area contributed by atoms with Crippen molar-refractivity contribution in [2.24, 2.45) is 0 Å². The van der Waals surface area contributed by atoms with Crippen molar-refractivity contribution in [2.45, 2.75) is 31.7 Å². The number of ether oxygens (including phenoxy) is 2. The number of aromatic nitrogens is 2. The molecule has 2 aromatic heterocycles. The number of nitrogen functional groups attached to an aromatic ring is 1. The summed E-state index contributed by atoms with van der Waals surface area (Å²) in [6, 6.07) is 11.9. The molecule has 0 radical (unpaired) electrons. The van der Waals surface area contributed by atoms with Crippen molar-refractivity contribution in [1.82, 2.24) is 9.55 Å². The van der Waals surface area contributed by atoms with E-state index < -0.39 is 0 Å². The molecule has 1 aliphatic carbocycles. The van der Waals surface area contributed by atoms with E-state index in [1.165, 1.54) is 12.8 Å². The van der Waals surface area contributed by atoms with Gasteiger partial charge in [-0.2, -0.15) is 0 Å². The van der Waals surface area contributed by atoms with Crippen LogP contribution in [0.3, 0.4) is 0 Å². The third kappa shape index (κ3) is 2.75. The van der Waals surface area contributed by atoms with E-state index in [4.69, 9.17) is 20.2 Å². The molecule has 0 atom stereocenters. The van der Waals surface area contributed by atoms with E-state index in [9.17, 15) is 5.11 Å². The summed E-state index contributed by atoms with van der Waals surface area (Å²) >= 11 is 0. The topological polar surface area (TPSA) is 82.5 Å². The second-order valence-electron chi connectivity index (χ2n) is 7.85. The SMILES string of the molecule is COc1ccc(OC)c(-c2cccc3c(N)c4c(O)n(C5CCCC5)cc4nc23)c1. The summed E-state index contributed by atoms with van der Waals surface area (Å²) in [5.41, 5.74) is 10.4. The quantitative estimate of drug-likeness (QED) is 0.485. The van der Waals surface area contributed by atoms with Crippen LogP contribution in [0.4, 0.5) is 5.69 Å². The van der Waals surface area contributed by atoms with Gasteiger partial charge in [-0.05, 0) is 31.0 Å². The largest absolute Gasteiger partial charge is 0.497 e. The summed E-state index contributed by atoms with van der Waals surface area (Å²) in [5, 5.41) is 12.4. The molecule has 0 amide bonds. The molecule has 4 aromatic rings. The number of rotatable bonds is 4. The smallest absolute Gasteiger partial charge is 0.203 e. The molecule has 2 heterocycles.